The minimum atomic E-state index is -0.186. The van der Waals surface area contributed by atoms with Gasteiger partial charge in [0, 0.05) is 30.1 Å². The Hall–Kier alpha value is -3.66. The fourth-order valence-electron chi connectivity index (χ4n) is 4.57. The van der Waals surface area contributed by atoms with Gasteiger partial charge in [0.1, 0.15) is 6.61 Å². The standard InChI is InChI=1S/C28H31N5O3S/c1-18-12-16-37-27(18)28(34)30-25-19(7-9-23-21-5-3-4-6-22(21)31-32-23)8-10-24(26(25)35-2)36-15-14-33-13-11-20(29)17-33/h3-10,12,16,20H,11,13-15,17,29H2,1-2H3,(H,30,34)(H,31,32)/b9-7+/t20-/m1/s1. The van der Waals surface area contributed by atoms with Crippen LogP contribution in [-0.4, -0.2) is 60.4 Å². The van der Waals surface area contributed by atoms with Gasteiger partial charge in [-0.15, -0.1) is 11.3 Å². The number of anilines is 1. The number of nitrogens with zero attached hydrogens (tertiary/aromatic N) is 2. The maximum Gasteiger partial charge on any atom is 0.266 e. The number of rotatable bonds is 9. The third-order valence-corrected chi connectivity index (χ3v) is 7.57. The fourth-order valence-corrected chi connectivity index (χ4v) is 5.39. The van der Waals surface area contributed by atoms with Crippen molar-refractivity contribution in [3.8, 4) is 11.5 Å². The second kappa shape index (κ2) is 11.2. The van der Waals surface area contributed by atoms with Crippen molar-refractivity contribution >= 4 is 46.0 Å². The van der Waals surface area contributed by atoms with Gasteiger partial charge in [-0.25, -0.2) is 0 Å². The van der Waals surface area contributed by atoms with Gasteiger partial charge in [0.2, 0.25) is 0 Å². The second-order valence-electron chi connectivity index (χ2n) is 9.13. The number of H-pyrrole nitrogens is 1. The third-order valence-electron chi connectivity index (χ3n) is 6.56. The smallest absolute Gasteiger partial charge is 0.266 e. The summed E-state index contributed by atoms with van der Waals surface area (Å²) in [6, 6.07) is 13.9. The normalized spacial score (nSPS) is 16.0. The molecule has 5 rings (SSSR count). The summed E-state index contributed by atoms with van der Waals surface area (Å²) in [4.78, 5) is 16.2. The molecule has 2 aromatic heterocycles. The highest BCUT2D eigenvalue weighted by atomic mass is 32.1. The van der Waals surface area contributed by atoms with Crippen LogP contribution in [0.1, 0.15) is 32.9 Å². The number of thiophene rings is 1. The van der Waals surface area contributed by atoms with E-state index in [0.717, 1.165) is 53.8 Å². The highest BCUT2D eigenvalue weighted by molar-refractivity contribution is 7.12. The van der Waals surface area contributed by atoms with Crippen molar-refractivity contribution in [3.05, 3.63) is 69.5 Å². The molecule has 2 aromatic carbocycles. The van der Waals surface area contributed by atoms with Crippen LogP contribution in [0.15, 0.2) is 47.8 Å². The molecule has 0 spiro atoms. The lowest BCUT2D eigenvalue weighted by atomic mass is 10.1. The number of benzene rings is 2. The molecule has 1 atom stereocenters. The van der Waals surface area contributed by atoms with E-state index in [4.69, 9.17) is 15.2 Å². The van der Waals surface area contributed by atoms with Gasteiger partial charge in [-0.05, 0) is 61.2 Å². The Kier molecular flexibility index (Phi) is 7.55. The summed E-state index contributed by atoms with van der Waals surface area (Å²) in [6.45, 7) is 5.06. The van der Waals surface area contributed by atoms with E-state index in [0.29, 0.717) is 28.7 Å². The Balaban J connectivity index is 1.44. The van der Waals surface area contributed by atoms with Crippen LogP contribution in [0.4, 0.5) is 5.69 Å². The zero-order valence-corrected chi connectivity index (χ0v) is 21.8. The van der Waals surface area contributed by atoms with Crippen molar-refractivity contribution in [1.82, 2.24) is 15.1 Å². The van der Waals surface area contributed by atoms with Crippen LogP contribution in [-0.2, 0) is 0 Å². The summed E-state index contributed by atoms with van der Waals surface area (Å²) in [5.41, 5.74) is 10.1. The summed E-state index contributed by atoms with van der Waals surface area (Å²) >= 11 is 1.41. The average molecular weight is 518 g/mol. The fraction of sp³-hybridized carbons (Fsp3) is 0.286. The van der Waals surface area contributed by atoms with Gasteiger partial charge in [-0.2, -0.15) is 5.10 Å². The average Bonchev–Trinajstić information content (AvgIpc) is 3.63. The van der Waals surface area contributed by atoms with E-state index in [1.54, 1.807) is 7.11 Å². The van der Waals surface area contributed by atoms with Gasteiger partial charge in [-0.1, -0.05) is 24.3 Å². The zero-order valence-electron chi connectivity index (χ0n) is 21.0. The van der Waals surface area contributed by atoms with Gasteiger partial charge in [0.25, 0.3) is 5.91 Å². The number of ether oxygens (including phenoxy) is 2. The molecule has 3 heterocycles. The van der Waals surface area contributed by atoms with Crippen LogP contribution in [0.25, 0.3) is 23.1 Å². The number of hydrogen-bond acceptors (Lipinski definition) is 7. The summed E-state index contributed by atoms with van der Waals surface area (Å²) in [7, 11) is 1.59. The molecule has 192 valence electrons. The van der Waals surface area contributed by atoms with E-state index in [1.807, 2.05) is 66.9 Å². The van der Waals surface area contributed by atoms with Crippen LogP contribution < -0.4 is 20.5 Å². The Labute approximate surface area is 220 Å². The first-order valence-corrected chi connectivity index (χ1v) is 13.2. The lowest BCUT2D eigenvalue weighted by molar-refractivity contribution is 0.102. The van der Waals surface area contributed by atoms with Gasteiger partial charge in [0.05, 0.1) is 28.9 Å². The van der Waals surface area contributed by atoms with Crippen molar-refractivity contribution in [2.24, 2.45) is 5.73 Å². The van der Waals surface area contributed by atoms with Crippen LogP contribution in [0.3, 0.4) is 0 Å². The molecule has 1 amide bonds. The van der Waals surface area contributed by atoms with Gasteiger partial charge in [0.15, 0.2) is 11.5 Å². The van der Waals surface area contributed by atoms with E-state index in [1.165, 1.54) is 11.3 Å². The lowest BCUT2D eigenvalue weighted by Gasteiger charge is -2.19. The van der Waals surface area contributed by atoms with E-state index in [2.05, 4.69) is 20.4 Å². The minimum Gasteiger partial charge on any atom is -0.491 e. The molecule has 8 nitrogen and oxygen atoms in total. The maximum absolute atomic E-state index is 13.2. The molecular weight excluding hydrogens is 486 g/mol. The first-order valence-electron chi connectivity index (χ1n) is 12.3. The van der Waals surface area contributed by atoms with E-state index in [9.17, 15) is 4.79 Å². The van der Waals surface area contributed by atoms with Crippen molar-refractivity contribution < 1.29 is 14.3 Å². The Morgan fingerprint density at radius 3 is 2.89 bits per heavy atom. The number of aromatic nitrogens is 2. The predicted molar refractivity (Wildman–Crippen MR) is 150 cm³/mol. The van der Waals surface area contributed by atoms with Crippen LogP contribution in [0.5, 0.6) is 11.5 Å². The zero-order chi connectivity index (χ0) is 25.8. The molecule has 4 N–H and O–H groups in total. The number of fused-ring (bicyclic) bond motifs is 1. The minimum absolute atomic E-state index is 0.186. The predicted octanol–water partition coefficient (Wildman–Crippen LogP) is 4.78. The Morgan fingerprint density at radius 1 is 1.27 bits per heavy atom. The first kappa shape index (κ1) is 25.0. The number of nitrogens with one attached hydrogen (secondary N) is 2. The topological polar surface area (TPSA) is 106 Å². The highest BCUT2D eigenvalue weighted by Gasteiger charge is 2.21. The molecule has 9 heteroatoms. The molecule has 0 aliphatic carbocycles. The summed E-state index contributed by atoms with van der Waals surface area (Å²) in [6.07, 6.45) is 4.86. The quantitative estimate of drug-likeness (QED) is 0.295. The largest absolute Gasteiger partial charge is 0.491 e. The molecule has 4 aromatic rings. The number of likely N-dealkylation sites (tertiary alicyclic amines) is 1. The van der Waals surface area contributed by atoms with E-state index >= 15 is 0 Å². The number of nitrogens with two attached hydrogens (primary N) is 1. The van der Waals surface area contributed by atoms with Crippen molar-refractivity contribution in [1.29, 1.82) is 0 Å². The van der Waals surface area contributed by atoms with Crippen LogP contribution in [0.2, 0.25) is 0 Å². The Morgan fingerprint density at radius 2 is 2.14 bits per heavy atom. The number of carbonyl (C=O) groups excluding carboxylic acids is 1. The number of aryl methyl sites for hydroxylation is 1. The molecule has 0 bridgehead atoms. The lowest BCUT2D eigenvalue weighted by Crippen LogP contribution is -2.29. The monoisotopic (exact) mass is 517 g/mol. The third kappa shape index (κ3) is 5.53. The number of amides is 1. The number of carbonyl (C=O) groups is 1. The summed E-state index contributed by atoms with van der Waals surface area (Å²) in [5.74, 6) is 0.871. The van der Waals surface area contributed by atoms with Crippen LogP contribution in [0, 0.1) is 6.92 Å². The van der Waals surface area contributed by atoms with Crippen LogP contribution >= 0.6 is 11.3 Å². The molecule has 0 radical (unpaired) electrons. The SMILES string of the molecule is COc1c(OCCN2CC[C@@H](N)C2)ccc(/C=C/c2n[nH]c3ccccc23)c1NC(=O)c1sccc1C. The van der Waals surface area contributed by atoms with Crippen molar-refractivity contribution in [2.45, 2.75) is 19.4 Å². The molecule has 1 aliphatic heterocycles. The Bertz CT molecular complexity index is 1430. The molecule has 0 saturated carbocycles. The molecule has 1 fully saturated rings. The first-order chi connectivity index (χ1) is 18.0. The molecule has 1 aliphatic rings. The number of aromatic amines is 1. The van der Waals surface area contributed by atoms with E-state index < -0.39 is 0 Å². The van der Waals surface area contributed by atoms with Crippen molar-refractivity contribution in [2.75, 3.05) is 38.7 Å². The van der Waals surface area contributed by atoms with Gasteiger partial charge >= 0.3 is 0 Å². The molecule has 1 saturated heterocycles. The van der Waals surface area contributed by atoms with E-state index in [-0.39, 0.29) is 11.9 Å². The van der Waals surface area contributed by atoms with Gasteiger partial charge in [-0.3, -0.25) is 14.8 Å². The highest BCUT2D eigenvalue weighted by Crippen LogP contribution is 2.39. The summed E-state index contributed by atoms with van der Waals surface area (Å²) in [5, 5.41) is 13.5. The van der Waals surface area contributed by atoms with Gasteiger partial charge < -0.3 is 20.5 Å². The molecule has 37 heavy (non-hydrogen) atoms. The maximum atomic E-state index is 13.2. The second-order valence-corrected chi connectivity index (χ2v) is 10.0. The number of para-hydroxylation sites is 1. The summed E-state index contributed by atoms with van der Waals surface area (Å²) < 4.78 is 11.9. The molecule has 0 unspecified atom stereocenters. The number of methoxy groups -OCH3 is 1. The molecular formula is C28H31N5O3S. The van der Waals surface area contributed by atoms with Crippen molar-refractivity contribution in [3.63, 3.8) is 0 Å². The number of hydrogen-bond donors (Lipinski definition) is 3.